The van der Waals surface area contributed by atoms with Crippen LogP contribution in [0.3, 0.4) is 0 Å². The summed E-state index contributed by atoms with van der Waals surface area (Å²) >= 11 is 0. The molecule has 8 heteroatoms. The Morgan fingerprint density at radius 2 is 1.39 bits per heavy atom. The number of nitrogen functional groups attached to an aromatic ring is 1. The van der Waals surface area contributed by atoms with Crippen LogP contribution in [0.5, 0.6) is 5.75 Å². The zero-order valence-electron chi connectivity index (χ0n) is 25.5. The molecule has 6 rings (SSSR count). The van der Waals surface area contributed by atoms with Gasteiger partial charge in [-0.3, -0.25) is 9.69 Å². The number of aromatic hydroxyl groups is 1. The molecular weight excluding hydrogens is 550 g/mol. The first-order valence-electron chi connectivity index (χ1n) is 15.4. The van der Waals surface area contributed by atoms with Crippen molar-refractivity contribution in [2.45, 2.75) is 44.9 Å². The zero-order valence-corrected chi connectivity index (χ0v) is 25.5. The number of hydrogen-bond donors (Lipinski definition) is 3. The molecule has 2 fully saturated rings. The first-order valence-corrected chi connectivity index (χ1v) is 15.4. The summed E-state index contributed by atoms with van der Waals surface area (Å²) in [6.07, 6.45) is 7.16. The number of hydrogen-bond acceptors (Lipinski definition) is 7. The molecule has 2 aliphatic rings. The number of carbonyl (C=O) groups excluding carboxylic acids is 1. The number of phenolic OH excluding ortho intramolecular Hbond substituents is 1. The minimum Gasteiger partial charge on any atom is -0.508 e. The molecule has 4 aromatic rings. The largest absolute Gasteiger partial charge is 0.508 e. The second kappa shape index (κ2) is 15.0. The van der Waals surface area contributed by atoms with E-state index in [0.29, 0.717) is 11.7 Å². The molecule has 0 radical (unpaired) electrons. The topological polar surface area (TPSA) is 118 Å². The van der Waals surface area contributed by atoms with E-state index in [1.807, 2.05) is 0 Å². The average Bonchev–Trinajstić information content (AvgIpc) is 3.57. The fourth-order valence-corrected chi connectivity index (χ4v) is 5.61. The highest BCUT2D eigenvalue weighted by Gasteiger charge is 2.16. The molecule has 230 valence electrons. The predicted octanol–water partition coefficient (Wildman–Crippen LogP) is 5.70. The molecule has 0 unspecified atom stereocenters. The number of rotatable bonds is 8. The minimum atomic E-state index is -0.615. The van der Waals surface area contributed by atoms with Gasteiger partial charge in [-0.2, -0.15) is 0 Å². The first-order chi connectivity index (χ1) is 21.3. The standard InChI is InChI=1S/C24H32N2O.C12H11N3O2/c1-25-14-16-26(17-15-25)18-20-6-10-22(11-7-20)23-12-8-21(9-13-23)19-27-24-4-2-3-5-24;13-11-10(12(14)17)5-8(6-15-11)7-1-3-9(16)4-2-7/h6-13,24H,2-5,14-19H2,1H3;1-6,16H,(H2,13,15)(H2,14,17). The highest BCUT2D eigenvalue weighted by atomic mass is 16.5. The number of ether oxygens (including phenoxy) is 1. The Morgan fingerprint density at radius 3 is 1.98 bits per heavy atom. The molecule has 0 atom stereocenters. The second-order valence-electron chi connectivity index (χ2n) is 11.8. The monoisotopic (exact) mass is 593 g/mol. The van der Waals surface area contributed by atoms with Crippen LogP contribution in [-0.2, 0) is 17.9 Å². The number of benzene rings is 3. The molecule has 1 aliphatic heterocycles. The van der Waals surface area contributed by atoms with Crippen LogP contribution >= 0.6 is 0 Å². The molecule has 5 N–H and O–H groups in total. The van der Waals surface area contributed by atoms with Crippen molar-refractivity contribution in [2.24, 2.45) is 5.73 Å². The maximum Gasteiger partial charge on any atom is 0.252 e. The van der Waals surface area contributed by atoms with Crippen molar-refractivity contribution in [3.63, 3.8) is 0 Å². The van der Waals surface area contributed by atoms with Crippen molar-refractivity contribution in [1.29, 1.82) is 0 Å². The van der Waals surface area contributed by atoms with Gasteiger partial charge in [0, 0.05) is 44.5 Å². The lowest BCUT2D eigenvalue weighted by Crippen LogP contribution is -2.43. The van der Waals surface area contributed by atoms with Crippen LogP contribution in [0.4, 0.5) is 5.82 Å². The third kappa shape index (κ3) is 8.66. The Hall–Kier alpha value is -4.24. The van der Waals surface area contributed by atoms with Crippen molar-refractivity contribution < 1.29 is 14.6 Å². The first kappa shape index (κ1) is 31.2. The maximum atomic E-state index is 11.1. The number of likely N-dealkylation sites (N-methyl/N-ethyl adjacent to an activating group) is 1. The van der Waals surface area contributed by atoms with E-state index in [1.54, 1.807) is 36.5 Å². The van der Waals surface area contributed by atoms with E-state index in [-0.39, 0.29) is 17.1 Å². The Labute approximate surface area is 260 Å². The summed E-state index contributed by atoms with van der Waals surface area (Å²) in [6, 6.07) is 26.1. The van der Waals surface area contributed by atoms with Gasteiger partial charge in [0.15, 0.2) is 0 Å². The van der Waals surface area contributed by atoms with Crippen molar-refractivity contribution in [1.82, 2.24) is 14.8 Å². The minimum absolute atomic E-state index is 0.111. The van der Waals surface area contributed by atoms with Crippen molar-refractivity contribution >= 4 is 11.7 Å². The van der Waals surface area contributed by atoms with Crippen molar-refractivity contribution in [3.05, 3.63) is 102 Å². The summed E-state index contributed by atoms with van der Waals surface area (Å²) in [5, 5.41) is 9.18. The fourth-order valence-electron chi connectivity index (χ4n) is 5.61. The third-order valence-electron chi connectivity index (χ3n) is 8.42. The zero-order chi connectivity index (χ0) is 30.9. The van der Waals surface area contributed by atoms with E-state index in [1.165, 1.54) is 74.1 Å². The number of carbonyl (C=O) groups is 1. The van der Waals surface area contributed by atoms with Gasteiger partial charge in [-0.15, -0.1) is 0 Å². The third-order valence-corrected chi connectivity index (χ3v) is 8.42. The number of nitrogens with zero attached hydrogens (tertiary/aromatic N) is 3. The number of anilines is 1. The Morgan fingerprint density at radius 1 is 0.841 bits per heavy atom. The smallest absolute Gasteiger partial charge is 0.252 e. The van der Waals surface area contributed by atoms with Gasteiger partial charge >= 0.3 is 0 Å². The Balaban J connectivity index is 0.000000195. The Kier molecular flexibility index (Phi) is 10.6. The van der Waals surface area contributed by atoms with Crippen molar-refractivity contribution in [2.75, 3.05) is 39.0 Å². The van der Waals surface area contributed by atoms with E-state index in [9.17, 15) is 9.90 Å². The van der Waals surface area contributed by atoms with Crippen LogP contribution in [-0.4, -0.2) is 65.1 Å². The number of amides is 1. The molecule has 2 heterocycles. The lowest BCUT2D eigenvalue weighted by molar-refractivity contribution is 0.0457. The van der Waals surface area contributed by atoms with Gasteiger partial charge in [0.1, 0.15) is 11.6 Å². The summed E-state index contributed by atoms with van der Waals surface area (Å²) in [6.45, 7) is 6.50. The number of pyridine rings is 1. The molecule has 8 nitrogen and oxygen atoms in total. The van der Waals surface area contributed by atoms with Gasteiger partial charge in [-0.05, 0) is 65.9 Å². The molecule has 1 aromatic heterocycles. The van der Waals surface area contributed by atoms with Crippen LogP contribution < -0.4 is 11.5 Å². The number of aromatic nitrogens is 1. The van der Waals surface area contributed by atoms with E-state index >= 15 is 0 Å². The van der Waals surface area contributed by atoms with Gasteiger partial charge in [-0.25, -0.2) is 4.98 Å². The summed E-state index contributed by atoms with van der Waals surface area (Å²) in [7, 11) is 2.21. The number of phenols is 1. The van der Waals surface area contributed by atoms with Crippen LogP contribution in [0.1, 0.15) is 47.2 Å². The average molecular weight is 594 g/mol. The molecule has 1 saturated carbocycles. The van der Waals surface area contributed by atoms with Gasteiger partial charge in [0.05, 0.1) is 18.3 Å². The summed E-state index contributed by atoms with van der Waals surface area (Å²) in [4.78, 5) is 20.0. The van der Waals surface area contributed by atoms with Gasteiger partial charge in [0.25, 0.3) is 5.91 Å². The fraction of sp³-hybridized carbons (Fsp3) is 0.333. The van der Waals surface area contributed by atoms with Crippen LogP contribution in [0.25, 0.3) is 22.3 Å². The molecule has 0 spiro atoms. The Bertz CT molecular complexity index is 1490. The SMILES string of the molecule is CN1CCN(Cc2ccc(-c3ccc(COC4CCCC4)cc3)cc2)CC1.NC(=O)c1cc(-c2ccc(O)cc2)cnc1N. The second-order valence-corrected chi connectivity index (χ2v) is 11.8. The molecule has 1 aliphatic carbocycles. The molecule has 3 aromatic carbocycles. The van der Waals surface area contributed by atoms with Gasteiger partial charge in [0.2, 0.25) is 0 Å². The van der Waals surface area contributed by atoms with Crippen LogP contribution in [0.2, 0.25) is 0 Å². The summed E-state index contributed by atoms with van der Waals surface area (Å²) in [5.41, 5.74) is 17.7. The van der Waals surface area contributed by atoms with E-state index < -0.39 is 5.91 Å². The molecule has 0 bridgehead atoms. The summed E-state index contributed by atoms with van der Waals surface area (Å²) < 4.78 is 6.02. The van der Waals surface area contributed by atoms with E-state index in [0.717, 1.165) is 18.7 Å². The highest BCUT2D eigenvalue weighted by Crippen LogP contribution is 2.25. The maximum absolute atomic E-state index is 11.1. The number of nitrogens with two attached hydrogens (primary N) is 2. The predicted molar refractivity (Wildman–Crippen MR) is 176 cm³/mol. The van der Waals surface area contributed by atoms with Gasteiger partial charge in [-0.1, -0.05) is 73.5 Å². The normalized spacial score (nSPS) is 15.9. The molecule has 44 heavy (non-hydrogen) atoms. The van der Waals surface area contributed by atoms with Crippen LogP contribution in [0, 0.1) is 0 Å². The number of primary amides is 1. The van der Waals surface area contributed by atoms with Crippen molar-refractivity contribution in [3.8, 4) is 28.0 Å². The molecule has 1 amide bonds. The quantitative estimate of drug-likeness (QED) is 0.240. The van der Waals surface area contributed by atoms with E-state index in [2.05, 4.69) is 70.4 Å². The van der Waals surface area contributed by atoms with E-state index in [4.69, 9.17) is 16.2 Å². The highest BCUT2D eigenvalue weighted by molar-refractivity contribution is 5.98. The van der Waals surface area contributed by atoms with Gasteiger partial charge < -0.3 is 26.2 Å². The molecular formula is C36H43N5O3. The lowest BCUT2D eigenvalue weighted by atomic mass is 10.0. The van der Waals surface area contributed by atoms with Crippen LogP contribution in [0.15, 0.2) is 85.1 Å². The number of piperazine rings is 1. The summed E-state index contributed by atoms with van der Waals surface area (Å²) in [5.74, 6) is -0.331. The molecule has 1 saturated heterocycles. The lowest BCUT2D eigenvalue weighted by Gasteiger charge is -2.32.